The van der Waals surface area contributed by atoms with E-state index in [1.165, 1.54) is 0 Å². The Kier molecular flexibility index (Phi) is 2.56. The van der Waals surface area contributed by atoms with Gasteiger partial charge in [0.25, 0.3) is 10.1 Å². The fourth-order valence-corrected chi connectivity index (χ4v) is 1.43. The first-order valence-corrected chi connectivity index (χ1v) is 4.94. The van der Waals surface area contributed by atoms with Gasteiger partial charge >= 0.3 is 5.97 Å². The Balaban J connectivity index is 3.57. The maximum absolute atomic E-state index is 10.6. The van der Waals surface area contributed by atoms with Gasteiger partial charge in [-0.15, -0.1) is 0 Å². The van der Waals surface area contributed by atoms with Gasteiger partial charge in [-0.1, -0.05) is 0 Å². The third-order valence-corrected chi connectivity index (χ3v) is 2.42. The van der Waals surface area contributed by atoms with E-state index in [4.69, 9.17) is 19.9 Å². The van der Waals surface area contributed by atoms with Crippen molar-refractivity contribution in [2.45, 2.75) is 4.90 Å². The minimum atomic E-state index is -4.63. The molecule has 0 saturated carbocycles. The molecule has 0 amide bonds. The molecule has 0 aliphatic heterocycles. The molecule has 0 aromatic heterocycles. The van der Waals surface area contributed by atoms with Crippen LogP contribution in [0.4, 0.5) is 0 Å². The number of hydrogen-bond donors (Lipinski definition) is 4. The average molecular weight is 234 g/mol. The second-order valence-corrected chi connectivity index (χ2v) is 4.04. The number of aromatic hydroxyl groups is 2. The second kappa shape index (κ2) is 3.41. The quantitative estimate of drug-likeness (QED) is 0.419. The van der Waals surface area contributed by atoms with Crippen LogP contribution in [0.25, 0.3) is 0 Å². The lowest BCUT2D eigenvalue weighted by Crippen LogP contribution is -2.03. The van der Waals surface area contributed by atoms with Crippen LogP contribution >= 0.6 is 0 Å². The van der Waals surface area contributed by atoms with Crippen molar-refractivity contribution in [1.29, 1.82) is 0 Å². The molecular formula is C7H6O7S. The van der Waals surface area contributed by atoms with Crippen molar-refractivity contribution < 1.29 is 33.1 Å². The fourth-order valence-electron chi connectivity index (χ4n) is 0.905. The van der Waals surface area contributed by atoms with Gasteiger partial charge in [-0.3, -0.25) is 4.55 Å². The summed E-state index contributed by atoms with van der Waals surface area (Å²) in [5.41, 5.74) is -0.817. The normalized spacial score (nSPS) is 11.3. The molecule has 0 spiro atoms. The summed E-state index contributed by atoms with van der Waals surface area (Å²) in [5, 5.41) is 26.6. The number of phenolic OH excluding ortho intramolecular Hbond substituents is 1. The maximum Gasteiger partial charge on any atom is 0.339 e. The third kappa shape index (κ3) is 2.17. The summed E-state index contributed by atoms with van der Waals surface area (Å²) < 4.78 is 29.9. The van der Waals surface area contributed by atoms with Crippen molar-refractivity contribution in [3.05, 3.63) is 17.7 Å². The molecule has 82 valence electrons. The van der Waals surface area contributed by atoms with Crippen molar-refractivity contribution in [3.63, 3.8) is 0 Å². The number of rotatable bonds is 2. The van der Waals surface area contributed by atoms with E-state index in [9.17, 15) is 13.2 Å². The van der Waals surface area contributed by atoms with E-state index in [-0.39, 0.29) is 0 Å². The third-order valence-electron chi connectivity index (χ3n) is 1.59. The topological polar surface area (TPSA) is 132 Å². The maximum atomic E-state index is 10.6. The van der Waals surface area contributed by atoms with Crippen LogP contribution in [-0.4, -0.2) is 34.3 Å². The van der Waals surface area contributed by atoms with Gasteiger partial charge in [0.05, 0.1) is 4.90 Å². The van der Waals surface area contributed by atoms with E-state index >= 15 is 0 Å². The van der Waals surface area contributed by atoms with Crippen LogP contribution in [0, 0.1) is 0 Å². The smallest absolute Gasteiger partial charge is 0.339 e. The first-order chi connectivity index (χ1) is 6.73. The molecule has 0 aliphatic rings. The van der Waals surface area contributed by atoms with Crippen molar-refractivity contribution in [2.24, 2.45) is 0 Å². The molecule has 0 fully saturated rings. The highest BCUT2D eigenvalue weighted by Gasteiger charge is 2.20. The molecule has 15 heavy (non-hydrogen) atoms. The number of carbonyl (C=O) groups is 1. The number of carboxylic acids is 1. The van der Waals surface area contributed by atoms with E-state index in [0.717, 1.165) is 0 Å². The first kappa shape index (κ1) is 11.3. The van der Waals surface area contributed by atoms with Crippen LogP contribution in [0.2, 0.25) is 0 Å². The highest BCUT2D eigenvalue weighted by atomic mass is 32.2. The van der Waals surface area contributed by atoms with Crippen LogP contribution in [0.15, 0.2) is 17.0 Å². The molecule has 8 heteroatoms. The Labute approximate surface area is 84.0 Å². The van der Waals surface area contributed by atoms with Gasteiger partial charge in [-0.2, -0.15) is 8.42 Å². The summed E-state index contributed by atoms with van der Waals surface area (Å²) in [4.78, 5) is 9.70. The van der Waals surface area contributed by atoms with Crippen molar-refractivity contribution >= 4 is 16.1 Å². The molecule has 1 aromatic carbocycles. The Morgan fingerprint density at radius 3 is 2.13 bits per heavy atom. The lowest BCUT2D eigenvalue weighted by molar-refractivity contribution is 0.0692. The zero-order valence-corrected chi connectivity index (χ0v) is 7.89. The molecule has 0 radical (unpaired) electrons. The Morgan fingerprint density at radius 2 is 1.73 bits per heavy atom. The zero-order chi connectivity index (χ0) is 11.8. The molecule has 0 unspecified atom stereocenters. The van der Waals surface area contributed by atoms with E-state index in [1.807, 2.05) is 0 Å². The van der Waals surface area contributed by atoms with Crippen molar-refractivity contribution in [3.8, 4) is 11.5 Å². The minimum absolute atomic E-state index is 0.534. The van der Waals surface area contributed by atoms with E-state index in [1.54, 1.807) is 0 Å². The lowest BCUT2D eigenvalue weighted by atomic mass is 10.2. The molecule has 0 saturated heterocycles. The lowest BCUT2D eigenvalue weighted by Gasteiger charge is -2.04. The highest BCUT2D eigenvalue weighted by Crippen LogP contribution is 2.31. The number of aromatic carboxylic acids is 1. The fraction of sp³-hybridized carbons (Fsp3) is 0. The Bertz CT molecular complexity index is 516. The summed E-state index contributed by atoms with van der Waals surface area (Å²) >= 11 is 0. The summed E-state index contributed by atoms with van der Waals surface area (Å²) in [6.45, 7) is 0. The largest absolute Gasteiger partial charge is 0.504 e. The molecule has 7 nitrogen and oxygen atoms in total. The molecule has 0 aliphatic carbocycles. The highest BCUT2D eigenvalue weighted by molar-refractivity contribution is 7.85. The minimum Gasteiger partial charge on any atom is -0.504 e. The molecule has 0 bridgehead atoms. The predicted octanol–water partition coefficient (Wildman–Crippen LogP) is 0.0427. The molecule has 1 aromatic rings. The zero-order valence-electron chi connectivity index (χ0n) is 7.08. The molecule has 0 atom stereocenters. The van der Waals surface area contributed by atoms with Crippen molar-refractivity contribution in [1.82, 2.24) is 0 Å². The van der Waals surface area contributed by atoms with Crippen LogP contribution in [0.3, 0.4) is 0 Å². The van der Waals surface area contributed by atoms with Crippen LogP contribution in [-0.2, 0) is 10.1 Å². The molecular weight excluding hydrogens is 228 g/mol. The van der Waals surface area contributed by atoms with Gasteiger partial charge in [0.1, 0.15) is 5.56 Å². The summed E-state index contributed by atoms with van der Waals surface area (Å²) in [6, 6.07) is 1.07. The van der Waals surface area contributed by atoms with Gasteiger partial charge in [-0.25, -0.2) is 4.79 Å². The summed E-state index contributed by atoms with van der Waals surface area (Å²) in [5.74, 6) is -3.54. The van der Waals surface area contributed by atoms with Gasteiger partial charge in [0, 0.05) is 6.07 Å². The van der Waals surface area contributed by atoms with Gasteiger partial charge in [0.2, 0.25) is 0 Å². The summed E-state index contributed by atoms with van der Waals surface area (Å²) in [6.07, 6.45) is 0. The van der Waals surface area contributed by atoms with E-state index in [0.29, 0.717) is 12.1 Å². The first-order valence-electron chi connectivity index (χ1n) is 3.50. The standard InChI is InChI=1S/C7H6O7S/c8-5-2-3(15(12,13)14)1-4(6(5)9)7(10)11/h1-2,8-9H,(H,10,11)(H,12,13,14). The van der Waals surface area contributed by atoms with E-state index in [2.05, 4.69) is 0 Å². The number of carboxylic acid groups (broad SMARTS) is 1. The molecule has 4 N–H and O–H groups in total. The predicted molar refractivity (Wildman–Crippen MR) is 46.5 cm³/mol. The SMILES string of the molecule is O=C(O)c1cc(S(=O)(=O)O)cc(O)c1O. The van der Waals surface area contributed by atoms with Crippen LogP contribution in [0.1, 0.15) is 10.4 Å². The van der Waals surface area contributed by atoms with Crippen molar-refractivity contribution in [2.75, 3.05) is 0 Å². The van der Waals surface area contributed by atoms with Crippen LogP contribution < -0.4 is 0 Å². The van der Waals surface area contributed by atoms with Gasteiger partial charge in [-0.05, 0) is 6.07 Å². The number of hydrogen-bond acceptors (Lipinski definition) is 5. The second-order valence-electron chi connectivity index (χ2n) is 2.62. The molecule has 1 rings (SSSR count). The average Bonchev–Trinajstić information content (AvgIpc) is 2.06. The summed E-state index contributed by atoms with van der Waals surface area (Å²) in [7, 11) is -4.63. The Morgan fingerprint density at radius 1 is 1.20 bits per heavy atom. The van der Waals surface area contributed by atoms with Crippen LogP contribution in [0.5, 0.6) is 11.5 Å². The monoisotopic (exact) mass is 234 g/mol. The van der Waals surface area contributed by atoms with Gasteiger partial charge in [0.15, 0.2) is 11.5 Å². The van der Waals surface area contributed by atoms with Gasteiger partial charge < -0.3 is 15.3 Å². The van der Waals surface area contributed by atoms with E-state index < -0.39 is 38.0 Å². The number of phenols is 2. The Hall–Kier alpha value is -1.80. The molecule has 0 heterocycles. The number of benzene rings is 1.